The van der Waals surface area contributed by atoms with Crippen LogP contribution in [0.1, 0.15) is 31.8 Å². The average molecular weight is 487 g/mol. The number of amides is 1. The number of nitrogens with zero attached hydrogens (tertiary/aromatic N) is 1. The van der Waals surface area contributed by atoms with Crippen molar-refractivity contribution >= 4 is 44.8 Å². The van der Waals surface area contributed by atoms with Crippen molar-refractivity contribution in [1.82, 2.24) is 5.43 Å². The molecule has 4 aromatic carbocycles. The van der Waals surface area contributed by atoms with Gasteiger partial charge in [-0.2, -0.15) is 5.10 Å². The monoisotopic (exact) mass is 486 g/mol. The minimum absolute atomic E-state index is 0.327. The van der Waals surface area contributed by atoms with Gasteiger partial charge >= 0.3 is 5.97 Å². The predicted octanol–water partition coefficient (Wildman–Crippen LogP) is 5.89. The summed E-state index contributed by atoms with van der Waals surface area (Å²) in [4.78, 5) is 25.3. The van der Waals surface area contributed by atoms with Crippen molar-refractivity contribution in [3.05, 3.63) is 112 Å². The first kappa shape index (κ1) is 21.5. The molecular weight excluding hydrogens is 468 g/mol. The molecule has 0 aliphatic carbocycles. The zero-order chi connectivity index (χ0) is 22.5. The van der Waals surface area contributed by atoms with Crippen molar-refractivity contribution in [2.24, 2.45) is 5.10 Å². The minimum Gasteiger partial charge on any atom is -0.422 e. The Kier molecular flexibility index (Phi) is 6.42. The fourth-order valence-electron chi connectivity index (χ4n) is 3.31. The number of hydrogen-bond acceptors (Lipinski definition) is 4. The summed E-state index contributed by atoms with van der Waals surface area (Å²) in [5.41, 5.74) is 4.94. The van der Waals surface area contributed by atoms with Crippen LogP contribution in [-0.2, 0) is 0 Å². The number of benzene rings is 4. The van der Waals surface area contributed by atoms with Crippen LogP contribution >= 0.6 is 15.9 Å². The molecule has 0 fully saturated rings. The Morgan fingerprint density at radius 1 is 0.906 bits per heavy atom. The van der Waals surface area contributed by atoms with Gasteiger partial charge in [-0.3, -0.25) is 4.79 Å². The van der Waals surface area contributed by atoms with Gasteiger partial charge in [0.2, 0.25) is 0 Å². The molecule has 0 aromatic heterocycles. The lowest BCUT2D eigenvalue weighted by Gasteiger charge is -2.09. The van der Waals surface area contributed by atoms with Crippen molar-refractivity contribution < 1.29 is 14.3 Å². The molecule has 32 heavy (non-hydrogen) atoms. The van der Waals surface area contributed by atoms with Crippen LogP contribution in [-0.4, -0.2) is 18.1 Å². The normalized spacial score (nSPS) is 10.9. The van der Waals surface area contributed by atoms with E-state index in [2.05, 4.69) is 26.5 Å². The summed E-state index contributed by atoms with van der Waals surface area (Å²) < 4.78 is 6.39. The first-order valence-electron chi connectivity index (χ1n) is 9.91. The number of fused-ring (bicyclic) bond motifs is 1. The molecule has 1 amide bonds. The van der Waals surface area contributed by atoms with Crippen LogP contribution in [0.15, 0.2) is 94.5 Å². The van der Waals surface area contributed by atoms with Gasteiger partial charge in [0, 0.05) is 15.6 Å². The summed E-state index contributed by atoms with van der Waals surface area (Å²) in [7, 11) is 0. The molecule has 0 aliphatic heterocycles. The number of ether oxygens (including phenoxy) is 1. The maximum atomic E-state index is 12.7. The highest BCUT2D eigenvalue weighted by Crippen LogP contribution is 2.23. The van der Waals surface area contributed by atoms with Crippen LogP contribution in [0.4, 0.5) is 0 Å². The number of carbonyl (C=O) groups is 2. The van der Waals surface area contributed by atoms with E-state index in [9.17, 15) is 9.59 Å². The van der Waals surface area contributed by atoms with Crippen molar-refractivity contribution in [2.45, 2.75) is 6.92 Å². The fraction of sp³-hybridized carbons (Fsp3) is 0.0385. The third-order valence-corrected chi connectivity index (χ3v) is 5.44. The SMILES string of the molecule is Cc1ccccc1C(=O)Oc1ccc(Br)cc1C=NNC(=O)c1cccc2ccccc12. The van der Waals surface area contributed by atoms with E-state index < -0.39 is 5.97 Å². The predicted molar refractivity (Wildman–Crippen MR) is 129 cm³/mol. The largest absolute Gasteiger partial charge is 0.422 e. The maximum Gasteiger partial charge on any atom is 0.343 e. The molecule has 158 valence electrons. The quantitative estimate of drug-likeness (QED) is 0.165. The number of rotatable bonds is 5. The maximum absolute atomic E-state index is 12.7. The summed E-state index contributed by atoms with van der Waals surface area (Å²) in [6.45, 7) is 1.85. The Bertz CT molecular complexity index is 1340. The van der Waals surface area contributed by atoms with Crippen LogP contribution in [0.2, 0.25) is 0 Å². The summed E-state index contributed by atoms with van der Waals surface area (Å²) in [5, 5.41) is 5.91. The molecule has 0 atom stereocenters. The number of hydrogen-bond donors (Lipinski definition) is 1. The van der Waals surface area contributed by atoms with E-state index in [-0.39, 0.29) is 5.91 Å². The molecule has 0 unspecified atom stereocenters. The van der Waals surface area contributed by atoms with Crippen molar-refractivity contribution in [3.63, 3.8) is 0 Å². The molecule has 0 saturated carbocycles. The van der Waals surface area contributed by atoms with Gasteiger partial charge in [0.05, 0.1) is 11.8 Å². The van der Waals surface area contributed by atoms with E-state index in [4.69, 9.17) is 4.74 Å². The third-order valence-electron chi connectivity index (χ3n) is 4.94. The van der Waals surface area contributed by atoms with E-state index in [1.54, 1.807) is 36.4 Å². The Morgan fingerprint density at radius 3 is 2.47 bits per heavy atom. The molecule has 5 nitrogen and oxygen atoms in total. The van der Waals surface area contributed by atoms with E-state index in [0.717, 1.165) is 20.8 Å². The molecular formula is C26H19BrN2O3. The van der Waals surface area contributed by atoms with Gasteiger partial charge < -0.3 is 4.74 Å². The Labute approximate surface area is 193 Å². The highest BCUT2D eigenvalue weighted by molar-refractivity contribution is 9.10. The summed E-state index contributed by atoms with van der Waals surface area (Å²) in [6.07, 6.45) is 1.45. The van der Waals surface area contributed by atoms with Gasteiger partial charge in [0.25, 0.3) is 5.91 Å². The molecule has 0 radical (unpaired) electrons. The second-order valence-electron chi connectivity index (χ2n) is 7.11. The molecule has 4 rings (SSSR count). The lowest BCUT2D eigenvalue weighted by Crippen LogP contribution is -2.18. The Balaban J connectivity index is 1.54. The first-order chi connectivity index (χ1) is 15.5. The second-order valence-corrected chi connectivity index (χ2v) is 8.03. The third kappa shape index (κ3) is 4.76. The highest BCUT2D eigenvalue weighted by Gasteiger charge is 2.14. The molecule has 1 N–H and O–H groups in total. The molecule has 0 spiro atoms. The van der Waals surface area contributed by atoms with Crippen molar-refractivity contribution in [3.8, 4) is 5.75 Å². The molecule has 4 aromatic rings. The van der Waals surface area contributed by atoms with Gasteiger partial charge in [-0.1, -0.05) is 70.5 Å². The molecule has 0 heterocycles. The number of carbonyl (C=O) groups excluding carboxylic acids is 2. The zero-order valence-corrected chi connectivity index (χ0v) is 18.8. The van der Waals surface area contributed by atoms with Gasteiger partial charge in [-0.05, 0) is 53.6 Å². The summed E-state index contributed by atoms with van der Waals surface area (Å²) in [6, 6.07) is 25.6. The van der Waals surface area contributed by atoms with E-state index in [0.29, 0.717) is 22.4 Å². The van der Waals surface area contributed by atoms with Crippen LogP contribution in [0.25, 0.3) is 10.8 Å². The van der Waals surface area contributed by atoms with Gasteiger partial charge in [0.15, 0.2) is 0 Å². The van der Waals surface area contributed by atoms with Gasteiger partial charge in [0.1, 0.15) is 5.75 Å². The number of esters is 1. The summed E-state index contributed by atoms with van der Waals surface area (Å²) in [5.74, 6) is -0.448. The van der Waals surface area contributed by atoms with E-state index >= 15 is 0 Å². The Morgan fingerprint density at radius 2 is 1.62 bits per heavy atom. The lowest BCUT2D eigenvalue weighted by molar-refractivity contribution is 0.0733. The number of halogens is 1. The van der Waals surface area contributed by atoms with E-state index in [1.807, 2.05) is 55.5 Å². The van der Waals surface area contributed by atoms with Crippen molar-refractivity contribution in [2.75, 3.05) is 0 Å². The lowest BCUT2D eigenvalue weighted by atomic mass is 10.0. The number of nitrogens with one attached hydrogen (secondary N) is 1. The van der Waals surface area contributed by atoms with Gasteiger partial charge in [-0.25, -0.2) is 10.2 Å². The smallest absolute Gasteiger partial charge is 0.343 e. The summed E-state index contributed by atoms with van der Waals surface area (Å²) >= 11 is 3.41. The minimum atomic E-state index is -0.458. The standard InChI is InChI=1S/C26H19BrN2O3/c1-17-7-2-4-10-21(17)26(31)32-24-14-13-20(27)15-19(24)16-28-29-25(30)23-12-6-9-18-8-3-5-11-22(18)23/h2-16H,1H3,(H,29,30). The molecule has 0 aliphatic rings. The second kappa shape index (κ2) is 9.58. The fourth-order valence-corrected chi connectivity index (χ4v) is 3.69. The molecule has 0 saturated heterocycles. The average Bonchev–Trinajstić information content (AvgIpc) is 2.80. The van der Waals surface area contributed by atoms with E-state index in [1.165, 1.54) is 6.21 Å². The number of aryl methyl sites for hydroxylation is 1. The van der Waals surface area contributed by atoms with Gasteiger partial charge in [-0.15, -0.1) is 0 Å². The molecule has 6 heteroatoms. The van der Waals surface area contributed by atoms with Crippen LogP contribution in [0, 0.1) is 6.92 Å². The topological polar surface area (TPSA) is 67.8 Å². The highest BCUT2D eigenvalue weighted by atomic mass is 79.9. The van der Waals surface area contributed by atoms with Crippen LogP contribution < -0.4 is 10.2 Å². The van der Waals surface area contributed by atoms with Crippen molar-refractivity contribution in [1.29, 1.82) is 0 Å². The Hall–Kier alpha value is -3.77. The molecule has 0 bridgehead atoms. The zero-order valence-electron chi connectivity index (χ0n) is 17.2. The number of hydrazone groups is 1. The van der Waals surface area contributed by atoms with Crippen LogP contribution in [0.3, 0.4) is 0 Å². The first-order valence-corrected chi connectivity index (χ1v) is 10.7. The van der Waals surface area contributed by atoms with Crippen LogP contribution in [0.5, 0.6) is 5.75 Å².